The molecule has 1 aromatic heterocycles. The van der Waals surface area contributed by atoms with Crippen molar-refractivity contribution in [3.05, 3.63) is 75.5 Å². The Balaban J connectivity index is 1.85. The summed E-state index contributed by atoms with van der Waals surface area (Å²) < 4.78 is 27.0. The lowest BCUT2D eigenvalue weighted by atomic mass is 10.1. The number of aryl methyl sites for hydroxylation is 3. The number of carbonyl (C=O) groups is 1. The van der Waals surface area contributed by atoms with Gasteiger partial charge in [0.15, 0.2) is 0 Å². The molecular weight excluding hydrogens is 392 g/mol. The highest BCUT2D eigenvalue weighted by molar-refractivity contribution is 7.93. The molecule has 2 aromatic carbocycles. The number of hydrogen-bond acceptors (Lipinski definition) is 4. The Bertz CT molecular complexity index is 1100. The van der Waals surface area contributed by atoms with Crippen LogP contribution in [0.25, 0.3) is 0 Å². The van der Waals surface area contributed by atoms with Gasteiger partial charge in [0, 0.05) is 18.1 Å². The Labute approximate surface area is 169 Å². The fraction of sp³-hybridized carbons (Fsp3) is 0.190. The summed E-state index contributed by atoms with van der Waals surface area (Å²) in [5.41, 5.74) is 4.39. The van der Waals surface area contributed by atoms with E-state index in [1.165, 1.54) is 22.8 Å². The number of hydrogen-bond donors (Lipinski definition) is 1. The molecule has 0 aliphatic heterocycles. The molecule has 1 heterocycles. The molecule has 146 valence electrons. The number of nitrogens with one attached hydrogen (secondary N) is 1. The monoisotopic (exact) mass is 414 g/mol. The van der Waals surface area contributed by atoms with Gasteiger partial charge in [0.05, 0.1) is 15.5 Å². The molecule has 3 aromatic rings. The van der Waals surface area contributed by atoms with Crippen molar-refractivity contribution in [2.75, 3.05) is 16.7 Å². The number of rotatable bonds is 5. The van der Waals surface area contributed by atoms with Crippen LogP contribution in [0.1, 0.15) is 26.4 Å². The van der Waals surface area contributed by atoms with Crippen molar-refractivity contribution < 1.29 is 13.2 Å². The highest BCUT2D eigenvalue weighted by Crippen LogP contribution is 2.27. The first kappa shape index (κ1) is 20.1. The number of carbonyl (C=O) groups excluding carboxylic acids is 1. The summed E-state index contributed by atoms with van der Waals surface area (Å²) in [6.45, 7) is 5.88. The average molecular weight is 415 g/mol. The quantitative estimate of drug-likeness (QED) is 0.655. The summed E-state index contributed by atoms with van der Waals surface area (Å²) in [6, 6.07) is 14.3. The topological polar surface area (TPSA) is 66.5 Å². The second kappa shape index (κ2) is 7.77. The minimum Gasteiger partial charge on any atom is -0.321 e. The van der Waals surface area contributed by atoms with Crippen molar-refractivity contribution in [2.24, 2.45) is 0 Å². The smallest absolute Gasteiger partial charge is 0.265 e. The Kier molecular flexibility index (Phi) is 5.58. The van der Waals surface area contributed by atoms with Gasteiger partial charge in [-0.25, -0.2) is 8.42 Å². The van der Waals surface area contributed by atoms with Gasteiger partial charge in [-0.05, 0) is 50.1 Å². The molecule has 1 N–H and O–H groups in total. The normalized spacial score (nSPS) is 11.3. The van der Waals surface area contributed by atoms with E-state index in [0.717, 1.165) is 33.7 Å². The Morgan fingerprint density at radius 3 is 2.21 bits per heavy atom. The number of thiophene rings is 1. The molecule has 1 amide bonds. The van der Waals surface area contributed by atoms with E-state index < -0.39 is 10.0 Å². The lowest BCUT2D eigenvalue weighted by Crippen LogP contribution is -2.26. The molecule has 0 aliphatic carbocycles. The highest BCUT2D eigenvalue weighted by Gasteiger charge is 2.24. The molecule has 0 radical (unpaired) electrons. The third-order valence-corrected chi connectivity index (χ3v) is 7.33. The van der Waals surface area contributed by atoms with Gasteiger partial charge >= 0.3 is 0 Å². The predicted octanol–water partition coefficient (Wildman–Crippen LogP) is 4.75. The molecule has 0 atom stereocenters. The van der Waals surface area contributed by atoms with Crippen LogP contribution in [0.2, 0.25) is 0 Å². The van der Waals surface area contributed by atoms with E-state index in [9.17, 15) is 13.2 Å². The van der Waals surface area contributed by atoms with Crippen LogP contribution in [0, 0.1) is 20.8 Å². The van der Waals surface area contributed by atoms with Crippen LogP contribution in [0.5, 0.6) is 0 Å². The van der Waals surface area contributed by atoms with Crippen LogP contribution in [0.3, 0.4) is 0 Å². The summed E-state index contributed by atoms with van der Waals surface area (Å²) in [5.74, 6) is -0.316. The van der Waals surface area contributed by atoms with E-state index in [2.05, 4.69) is 5.32 Å². The first-order valence-electron chi connectivity index (χ1n) is 8.72. The number of para-hydroxylation sites is 1. The maximum Gasteiger partial charge on any atom is 0.265 e. The second-order valence-electron chi connectivity index (χ2n) is 6.68. The fourth-order valence-electron chi connectivity index (χ4n) is 3.06. The zero-order chi connectivity index (χ0) is 20.5. The van der Waals surface area contributed by atoms with E-state index in [1.54, 1.807) is 24.3 Å². The molecule has 28 heavy (non-hydrogen) atoms. The van der Waals surface area contributed by atoms with Crippen molar-refractivity contribution in [1.29, 1.82) is 0 Å². The zero-order valence-corrected chi connectivity index (χ0v) is 17.8. The summed E-state index contributed by atoms with van der Waals surface area (Å²) in [6.07, 6.45) is 0. The van der Waals surface area contributed by atoms with Crippen LogP contribution in [-0.2, 0) is 10.0 Å². The third-order valence-electron chi connectivity index (χ3n) is 4.49. The SMILES string of the molecule is Cc1cc(C)c(NC(=O)c2cc(S(=O)(=O)N(C)c3ccccc3)cs2)c(C)c1. The minimum atomic E-state index is -3.74. The zero-order valence-electron chi connectivity index (χ0n) is 16.2. The number of nitrogens with zero attached hydrogens (tertiary/aromatic N) is 1. The van der Waals surface area contributed by atoms with Crippen LogP contribution in [-0.4, -0.2) is 21.4 Å². The maximum absolute atomic E-state index is 12.9. The molecule has 0 fully saturated rings. The number of sulfonamides is 1. The van der Waals surface area contributed by atoms with Crippen molar-refractivity contribution in [3.63, 3.8) is 0 Å². The van der Waals surface area contributed by atoms with Gasteiger partial charge in [-0.3, -0.25) is 9.10 Å². The standard InChI is InChI=1S/C21H22N2O3S2/c1-14-10-15(2)20(16(3)11-14)22-21(24)19-12-18(13-27-19)28(25,26)23(4)17-8-6-5-7-9-17/h5-13H,1-4H3,(H,22,24). The van der Waals surface area contributed by atoms with E-state index in [0.29, 0.717) is 10.6 Å². The van der Waals surface area contributed by atoms with Gasteiger partial charge < -0.3 is 5.32 Å². The Morgan fingerprint density at radius 1 is 1.00 bits per heavy atom. The third kappa shape index (κ3) is 3.95. The number of amides is 1. The van der Waals surface area contributed by atoms with Crippen LogP contribution < -0.4 is 9.62 Å². The van der Waals surface area contributed by atoms with Gasteiger partial charge in [0.2, 0.25) is 0 Å². The largest absolute Gasteiger partial charge is 0.321 e. The van der Waals surface area contributed by atoms with Crippen LogP contribution in [0.4, 0.5) is 11.4 Å². The van der Waals surface area contributed by atoms with Crippen LogP contribution in [0.15, 0.2) is 58.8 Å². The van der Waals surface area contributed by atoms with Gasteiger partial charge in [-0.15, -0.1) is 11.3 Å². The van der Waals surface area contributed by atoms with E-state index in [4.69, 9.17) is 0 Å². The molecule has 0 spiro atoms. The molecule has 3 rings (SSSR count). The predicted molar refractivity (Wildman–Crippen MR) is 115 cm³/mol. The van der Waals surface area contributed by atoms with Crippen LogP contribution >= 0.6 is 11.3 Å². The molecule has 5 nitrogen and oxygen atoms in total. The van der Waals surface area contributed by atoms with Gasteiger partial charge in [0.25, 0.3) is 15.9 Å². The lowest BCUT2D eigenvalue weighted by molar-refractivity contribution is 0.103. The Morgan fingerprint density at radius 2 is 1.61 bits per heavy atom. The molecule has 0 aliphatic rings. The summed E-state index contributed by atoms with van der Waals surface area (Å²) >= 11 is 1.11. The van der Waals surface area contributed by atoms with Crippen molar-refractivity contribution in [3.8, 4) is 0 Å². The first-order chi connectivity index (χ1) is 13.2. The second-order valence-corrected chi connectivity index (χ2v) is 9.56. The minimum absolute atomic E-state index is 0.103. The van der Waals surface area contributed by atoms with Gasteiger partial charge in [-0.2, -0.15) is 0 Å². The number of anilines is 2. The molecule has 0 saturated carbocycles. The summed E-state index contributed by atoms with van der Waals surface area (Å²) in [4.78, 5) is 13.1. The van der Waals surface area contributed by atoms with Crippen molar-refractivity contribution >= 4 is 38.6 Å². The molecule has 0 unspecified atom stereocenters. The first-order valence-corrected chi connectivity index (χ1v) is 11.0. The summed E-state index contributed by atoms with van der Waals surface area (Å²) in [7, 11) is -2.23. The van der Waals surface area contributed by atoms with Crippen molar-refractivity contribution in [1.82, 2.24) is 0 Å². The lowest BCUT2D eigenvalue weighted by Gasteiger charge is -2.18. The van der Waals surface area contributed by atoms with Gasteiger partial charge in [-0.1, -0.05) is 35.9 Å². The maximum atomic E-state index is 12.9. The van der Waals surface area contributed by atoms with Crippen molar-refractivity contribution in [2.45, 2.75) is 25.7 Å². The van der Waals surface area contributed by atoms with E-state index in [-0.39, 0.29) is 10.8 Å². The molecule has 0 saturated heterocycles. The van der Waals surface area contributed by atoms with E-state index in [1.807, 2.05) is 39.0 Å². The van der Waals surface area contributed by atoms with Gasteiger partial charge in [0.1, 0.15) is 0 Å². The molecule has 0 bridgehead atoms. The summed E-state index contributed by atoms with van der Waals surface area (Å²) in [5, 5.41) is 4.41. The number of benzene rings is 2. The van der Waals surface area contributed by atoms with E-state index >= 15 is 0 Å². The molecular formula is C21H22N2O3S2. The average Bonchev–Trinajstić information content (AvgIpc) is 3.15. The fourth-order valence-corrected chi connectivity index (χ4v) is 5.41. The Hall–Kier alpha value is -2.64. The highest BCUT2D eigenvalue weighted by atomic mass is 32.2. The molecule has 7 heteroatoms.